The summed E-state index contributed by atoms with van der Waals surface area (Å²) in [6.07, 6.45) is 12.7. The van der Waals surface area contributed by atoms with Crippen molar-refractivity contribution in [2.75, 3.05) is 13.2 Å². The molecule has 0 heterocycles. The fourth-order valence-electron chi connectivity index (χ4n) is 4.51. The molecule has 0 aliphatic rings. The summed E-state index contributed by atoms with van der Waals surface area (Å²) in [4.78, 5) is 0. The Morgan fingerprint density at radius 3 is 1.76 bits per heavy atom. The fraction of sp³-hybridized carbons (Fsp3) is 0.647. The summed E-state index contributed by atoms with van der Waals surface area (Å²) in [5.41, 5.74) is 2.81. The largest absolute Gasteiger partial charge is 0.494 e. The third kappa shape index (κ3) is 11.8. The van der Waals surface area contributed by atoms with Crippen molar-refractivity contribution in [1.29, 1.82) is 0 Å². The van der Waals surface area contributed by atoms with Crippen molar-refractivity contribution in [3.8, 4) is 5.75 Å². The lowest BCUT2D eigenvalue weighted by Crippen LogP contribution is -2.40. The maximum absolute atomic E-state index is 6.29. The van der Waals surface area contributed by atoms with Crippen LogP contribution in [0.3, 0.4) is 0 Å². The highest BCUT2D eigenvalue weighted by Crippen LogP contribution is 2.36. The smallest absolute Gasteiger partial charge is 0.191 e. The molecule has 0 spiro atoms. The van der Waals surface area contributed by atoms with Crippen LogP contribution in [0.1, 0.15) is 116 Å². The second kappa shape index (κ2) is 16.4. The zero-order valence-corrected chi connectivity index (χ0v) is 26.2. The summed E-state index contributed by atoms with van der Waals surface area (Å²) in [7, 11) is -1.57. The van der Waals surface area contributed by atoms with Crippen molar-refractivity contribution in [3.63, 3.8) is 0 Å². The predicted octanol–water partition coefficient (Wildman–Crippen LogP) is 10.8. The average molecular weight is 525 g/mol. The lowest BCUT2D eigenvalue weighted by molar-refractivity contribution is 0.277. The van der Waals surface area contributed by atoms with E-state index in [1.54, 1.807) is 0 Å². The van der Waals surface area contributed by atoms with E-state index in [2.05, 4.69) is 102 Å². The molecule has 2 aromatic carbocycles. The molecule has 3 heteroatoms. The van der Waals surface area contributed by atoms with Gasteiger partial charge in [-0.25, -0.2) is 0 Å². The molecular weight excluding hydrogens is 468 g/mol. The quantitative estimate of drug-likeness (QED) is 0.143. The van der Waals surface area contributed by atoms with E-state index in [0.717, 1.165) is 25.4 Å². The summed E-state index contributed by atoms with van der Waals surface area (Å²) >= 11 is 0. The second-order valence-electron chi connectivity index (χ2n) is 12.6. The van der Waals surface area contributed by atoms with Gasteiger partial charge in [-0.1, -0.05) is 122 Å². The molecule has 2 aromatic rings. The molecule has 2 unspecified atom stereocenters. The van der Waals surface area contributed by atoms with E-state index in [-0.39, 0.29) is 0 Å². The molecule has 0 N–H and O–H groups in total. The van der Waals surface area contributed by atoms with E-state index >= 15 is 0 Å². The van der Waals surface area contributed by atoms with Crippen LogP contribution < -0.4 is 4.74 Å². The number of benzene rings is 2. The summed E-state index contributed by atoms with van der Waals surface area (Å²) in [5.74, 6) is 2.16. The predicted molar refractivity (Wildman–Crippen MR) is 164 cm³/mol. The monoisotopic (exact) mass is 524 g/mol. The number of hydrogen-bond acceptors (Lipinski definition) is 2. The van der Waals surface area contributed by atoms with E-state index in [4.69, 9.17) is 9.16 Å². The van der Waals surface area contributed by atoms with E-state index in [0.29, 0.717) is 16.9 Å². The van der Waals surface area contributed by atoms with Gasteiger partial charge in [0.2, 0.25) is 0 Å². The molecule has 37 heavy (non-hydrogen) atoms. The Kier molecular flexibility index (Phi) is 14.0. The third-order valence-electron chi connectivity index (χ3n) is 8.40. The van der Waals surface area contributed by atoms with Gasteiger partial charge in [0.1, 0.15) is 5.75 Å². The summed E-state index contributed by atoms with van der Waals surface area (Å²) < 4.78 is 12.3. The van der Waals surface area contributed by atoms with Crippen LogP contribution in [0.25, 0.3) is 0 Å². The van der Waals surface area contributed by atoms with E-state index in [1.165, 1.54) is 68.9 Å². The first-order chi connectivity index (χ1) is 17.6. The standard InChI is InChI=1S/C34H56O2Si/c1-8-29(2)28-33(30-20-16-15-17-21-30)31-22-24-32(25-23-31)35-26-18-13-11-9-10-12-14-19-27-36-37(6,7)34(3,4)5/h15-17,20-25,29,33H,8-14,18-19,26-28H2,1-7H3. The molecule has 2 atom stereocenters. The van der Waals surface area contributed by atoms with Gasteiger partial charge in [0, 0.05) is 12.5 Å². The molecule has 0 aromatic heterocycles. The van der Waals surface area contributed by atoms with E-state index < -0.39 is 8.32 Å². The van der Waals surface area contributed by atoms with Crippen molar-refractivity contribution in [3.05, 3.63) is 65.7 Å². The van der Waals surface area contributed by atoms with Gasteiger partial charge in [-0.2, -0.15) is 0 Å². The van der Waals surface area contributed by atoms with Crippen molar-refractivity contribution in [2.45, 2.75) is 123 Å². The van der Waals surface area contributed by atoms with Crippen molar-refractivity contribution in [2.24, 2.45) is 5.92 Å². The van der Waals surface area contributed by atoms with Crippen LogP contribution in [-0.4, -0.2) is 21.5 Å². The maximum Gasteiger partial charge on any atom is 0.191 e. The van der Waals surface area contributed by atoms with E-state index in [1.807, 2.05) is 0 Å². The lowest BCUT2D eigenvalue weighted by atomic mass is 9.83. The van der Waals surface area contributed by atoms with Gasteiger partial charge in [-0.3, -0.25) is 0 Å². The molecule has 0 fully saturated rings. The molecule has 0 bridgehead atoms. The van der Waals surface area contributed by atoms with Gasteiger partial charge in [0.15, 0.2) is 8.32 Å². The summed E-state index contributed by atoms with van der Waals surface area (Å²) in [6.45, 7) is 18.1. The number of unbranched alkanes of at least 4 members (excludes halogenated alkanes) is 7. The van der Waals surface area contributed by atoms with Crippen LogP contribution in [0, 0.1) is 5.92 Å². The van der Waals surface area contributed by atoms with Crippen molar-refractivity contribution in [1.82, 2.24) is 0 Å². The third-order valence-corrected chi connectivity index (χ3v) is 12.9. The minimum absolute atomic E-state index is 0.318. The highest BCUT2D eigenvalue weighted by Gasteiger charge is 2.36. The van der Waals surface area contributed by atoms with Crippen LogP contribution >= 0.6 is 0 Å². The Balaban J connectivity index is 1.58. The number of ether oxygens (including phenoxy) is 1. The van der Waals surface area contributed by atoms with Gasteiger partial charge in [0.25, 0.3) is 0 Å². The number of rotatable bonds is 18. The van der Waals surface area contributed by atoms with E-state index in [9.17, 15) is 0 Å². The highest BCUT2D eigenvalue weighted by atomic mass is 28.4. The highest BCUT2D eigenvalue weighted by molar-refractivity contribution is 6.74. The zero-order chi connectivity index (χ0) is 27.2. The average Bonchev–Trinajstić information content (AvgIpc) is 2.88. The lowest BCUT2D eigenvalue weighted by Gasteiger charge is -2.36. The Hall–Kier alpha value is -1.58. The van der Waals surface area contributed by atoms with Crippen LogP contribution in [0.5, 0.6) is 5.75 Å². The first kappa shape index (κ1) is 31.6. The molecule has 0 aliphatic heterocycles. The first-order valence-corrected chi connectivity index (χ1v) is 18.0. The fourth-order valence-corrected chi connectivity index (χ4v) is 5.60. The number of hydrogen-bond donors (Lipinski definition) is 0. The van der Waals surface area contributed by atoms with Crippen molar-refractivity contribution < 1.29 is 9.16 Å². The Labute approximate surface area is 230 Å². The van der Waals surface area contributed by atoms with Crippen LogP contribution in [0.2, 0.25) is 18.1 Å². The minimum Gasteiger partial charge on any atom is -0.494 e. The maximum atomic E-state index is 6.29. The molecule has 0 amide bonds. The van der Waals surface area contributed by atoms with Gasteiger partial charge in [0.05, 0.1) is 6.61 Å². The van der Waals surface area contributed by atoms with Crippen LogP contribution in [0.4, 0.5) is 0 Å². The van der Waals surface area contributed by atoms with Gasteiger partial charge >= 0.3 is 0 Å². The minimum atomic E-state index is -1.57. The molecule has 0 saturated carbocycles. The zero-order valence-electron chi connectivity index (χ0n) is 25.2. The van der Waals surface area contributed by atoms with Crippen LogP contribution in [-0.2, 0) is 4.43 Å². The van der Waals surface area contributed by atoms with Gasteiger partial charge in [-0.05, 0) is 66.6 Å². The molecule has 208 valence electrons. The topological polar surface area (TPSA) is 18.5 Å². The van der Waals surface area contributed by atoms with Gasteiger partial charge < -0.3 is 9.16 Å². The molecular formula is C34H56O2Si. The molecule has 0 aliphatic carbocycles. The molecule has 0 saturated heterocycles. The SMILES string of the molecule is CCC(C)CC(c1ccccc1)c1ccc(OCCCCCCCCCCO[Si](C)(C)C(C)(C)C)cc1. The Bertz CT molecular complexity index is 838. The molecule has 2 rings (SSSR count). The summed E-state index contributed by atoms with van der Waals surface area (Å²) in [5, 5.41) is 0.318. The Morgan fingerprint density at radius 2 is 1.22 bits per heavy atom. The van der Waals surface area contributed by atoms with Crippen molar-refractivity contribution >= 4 is 8.32 Å². The van der Waals surface area contributed by atoms with Gasteiger partial charge in [-0.15, -0.1) is 0 Å². The van der Waals surface area contributed by atoms with Crippen LogP contribution in [0.15, 0.2) is 54.6 Å². The first-order valence-electron chi connectivity index (χ1n) is 15.1. The normalized spacial score (nSPS) is 13.9. The second-order valence-corrected chi connectivity index (χ2v) is 17.4. The molecule has 0 radical (unpaired) electrons. The molecule has 2 nitrogen and oxygen atoms in total. The Morgan fingerprint density at radius 1 is 0.703 bits per heavy atom. The summed E-state index contributed by atoms with van der Waals surface area (Å²) in [6, 6.07) is 19.8.